The third kappa shape index (κ3) is 2.01. The molecule has 88 valence electrons. The minimum atomic E-state index is -0.835. The quantitative estimate of drug-likeness (QED) is 0.790. The molecule has 0 aliphatic heterocycles. The maximum Gasteiger partial charge on any atom is 0.193 e. The predicted molar refractivity (Wildman–Crippen MR) is 70.7 cm³/mol. The van der Waals surface area contributed by atoms with Gasteiger partial charge in [-0.3, -0.25) is 4.40 Å². The number of rotatable bonds is 3. The summed E-state index contributed by atoms with van der Waals surface area (Å²) in [6.45, 7) is 1.84. The number of hydrogen-bond donors (Lipinski definition) is 1. The molecule has 17 heavy (non-hydrogen) atoms. The fourth-order valence-electron chi connectivity index (χ4n) is 1.89. The second-order valence-corrected chi connectivity index (χ2v) is 6.07. The van der Waals surface area contributed by atoms with Gasteiger partial charge < -0.3 is 5.11 Å². The van der Waals surface area contributed by atoms with E-state index in [1.165, 1.54) is 0 Å². The molecule has 1 N–H and O–H groups in total. The lowest BCUT2D eigenvalue weighted by atomic mass is 9.99. The summed E-state index contributed by atoms with van der Waals surface area (Å²) in [5, 5.41) is 14.4. The molecule has 3 rings (SSSR count). The fourth-order valence-corrected chi connectivity index (χ4v) is 3.39. The summed E-state index contributed by atoms with van der Waals surface area (Å²) < 4.78 is 1.99. The van der Waals surface area contributed by atoms with Crippen molar-refractivity contribution >= 4 is 27.6 Å². The van der Waals surface area contributed by atoms with Crippen LogP contribution in [0, 0.1) is 0 Å². The number of imidazole rings is 1. The van der Waals surface area contributed by atoms with Crippen molar-refractivity contribution < 1.29 is 5.11 Å². The van der Waals surface area contributed by atoms with Crippen molar-refractivity contribution in [3.05, 3.63) is 45.9 Å². The molecule has 3 aromatic heterocycles. The molecular formula is C12H12N2OS2. The molecule has 0 fully saturated rings. The van der Waals surface area contributed by atoms with Crippen LogP contribution in [-0.2, 0) is 12.0 Å². The molecule has 1 unspecified atom stereocenters. The first-order valence-corrected chi connectivity index (χ1v) is 7.08. The highest BCUT2D eigenvalue weighted by Crippen LogP contribution is 2.29. The van der Waals surface area contributed by atoms with E-state index in [0.29, 0.717) is 6.42 Å². The average Bonchev–Trinajstić information content (AvgIpc) is 2.90. The van der Waals surface area contributed by atoms with Crippen LogP contribution >= 0.6 is 22.7 Å². The van der Waals surface area contributed by atoms with E-state index in [1.54, 1.807) is 22.7 Å². The molecule has 0 aliphatic rings. The first-order chi connectivity index (χ1) is 8.15. The number of nitrogens with zero attached hydrogens (tertiary/aromatic N) is 2. The molecule has 0 aliphatic carbocycles. The summed E-state index contributed by atoms with van der Waals surface area (Å²) >= 11 is 3.18. The Bertz CT molecular complexity index is 593. The Hall–Kier alpha value is -1.17. The Morgan fingerprint density at radius 1 is 1.41 bits per heavy atom. The van der Waals surface area contributed by atoms with E-state index >= 15 is 0 Å². The molecular weight excluding hydrogens is 252 g/mol. The van der Waals surface area contributed by atoms with E-state index in [0.717, 1.165) is 15.5 Å². The largest absolute Gasteiger partial charge is 0.384 e. The summed E-state index contributed by atoms with van der Waals surface area (Å²) in [6.07, 6.45) is 4.51. The SMILES string of the molecule is CC(O)(Cc1cn2ccsc2n1)c1cccs1. The summed E-state index contributed by atoms with van der Waals surface area (Å²) in [5.41, 5.74) is 0.0910. The van der Waals surface area contributed by atoms with Gasteiger partial charge in [0.25, 0.3) is 0 Å². The highest BCUT2D eigenvalue weighted by molar-refractivity contribution is 7.15. The van der Waals surface area contributed by atoms with Gasteiger partial charge in [-0.2, -0.15) is 0 Å². The van der Waals surface area contributed by atoms with Crippen LogP contribution in [0.2, 0.25) is 0 Å². The van der Waals surface area contributed by atoms with Crippen molar-refractivity contribution in [1.29, 1.82) is 0 Å². The van der Waals surface area contributed by atoms with Gasteiger partial charge in [0, 0.05) is 29.1 Å². The minimum Gasteiger partial charge on any atom is -0.384 e. The van der Waals surface area contributed by atoms with E-state index in [4.69, 9.17) is 0 Å². The lowest BCUT2D eigenvalue weighted by molar-refractivity contribution is 0.0606. The van der Waals surface area contributed by atoms with E-state index in [-0.39, 0.29) is 0 Å². The van der Waals surface area contributed by atoms with Gasteiger partial charge in [0.05, 0.1) is 5.69 Å². The minimum absolute atomic E-state index is 0.544. The molecule has 0 amide bonds. The van der Waals surface area contributed by atoms with E-state index in [9.17, 15) is 5.11 Å². The van der Waals surface area contributed by atoms with Crippen LogP contribution in [0.4, 0.5) is 0 Å². The lowest BCUT2D eigenvalue weighted by Gasteiger charge is -2.20. The molecule has 3 nitrogen and oxygen atoms in total. The van der Waals surface area contributed by atoms with Crippen LogP contribution in [0.3, 0.4) is 0 Å². The highest BCUT2D eigenvalue weighted by Gasteiger charge is 2.25. The molecule has 5 heteroatoms. The van der Waals surface area contributed by atoms with Gasteiger partial charge >= 0.3 is 0 Å². The second kappa shape index (κ2) is 3.94. The summed E-state index contributed by atoms with van der Waals surface area (Å²) in [6, 6.07) is 3.92. The van der Waals surface area contributed by atoms with Crippen molar-refractivity contribution in [2.24, 2.45) is 0 Å². The monoisotopic (exact) mass is 264 g/mol. The Morgan fingerprint density at radius 3 is 3.00 bits per heavy atom. The highest BCUT2D eigenvalue weighted by atomic mass is 32.1. The molecule has 0 bridgehead atoms. The van der Waals surface area contributed by atoms with Crippen LogP contribution < -0.4 is 0 Å². The number of thiophene rings is 1. The van der Waals surface area contributed by atoms with Crippen molar-refractivity contribution in [1.82, 2.24) is 9.38 Å². The number of aliphatic hydroxyl groups is 1. The van der Waals surface area contributed by atoms with Crippen molar-refractivity contribution in [3.63, 3.8) is 0 Å². The van der Waals surface area contributed by atoms with E-state index in [1.807, 2.05) is 46.6 Å². The van der Waals surface area contributed by atoms with Gasteiger partial charge in [-0.1, -0.05) is 6.07 Å². The van der Waals surface area contributed by atoms with Crippen LogP contribution in [0.1, 0.15) is 17.5 Å². The normalized spacial score (nSPS) is 15.2. The first-order valence-electron chi connectivity index (χ1n) is 5.32. The number of fused-ring (bicyclic) bond motifs is 1. The summed E-state index contributed by atoms with van der Waals surface area (Å²) in [5.74, 6) is 0. The average molecular weight is 264 g/mol. The smallest absolute Gasteiger partial charge is 0.193 e. The van der Waals surface area contributed by atoms with Crippen molar-refractivity contribution in [2.45, 2.75) is 18.9 Å². The molecule has 1 atom stereocenters. The molecule has 0 saturated heterocycles. The molecule has 0 aromatic carbocycles. The number of hydrogen-bond acceptors (Lipinski definition) is 4. The van der Waals surface area contributed by atoms with Gasteiger partial charge in [0.2, 0.25) is 0 Å². The number of thiazole rings is 1. The summed E-state index contributed by atoms with van der Waals surface area (Å²) in [4.78, 5) is 6.45. The standard InChI is InChI=1S/C12H12N2OS2/c1-12(15,10-3-2-5-16-10)7-9-8-14-4-6-17-11(14)13-9/h2-6,8,15H,7H2,1H3. The molecule has 3 heterocycles. The van der Waals surface area contributed by atoms with E-state index in [2.05, 4.69) is 4.98 Å². The maximum atomic E-state index is 10.5. The van der Waals surface area contributed by atoms with Gasteiger partial charge in [-0.25, -0.2) is 4.98 Å². The van der Waals surface area contributed by atoms with Crippen LogP contribution in [0.25, 0.3) is 4.96 Å². The lowest BCUT2D eigenvalue weighted by Crippen LogP contribution is -2.23. The van der Waals surface area contributed by atoms with Gasteiger partial charge in [-0.05, 0) is 18.4 Å². The zero-order valence-electron chi connectivity index (χ0n) is 9.33. The zero-order valence-corrected chi connectivity index (χ0v) is 11.0. The van der Waals surface area contributed by atoms with Crippen molar-refractivity contribution in [2.75, 3.05) is 0 Å². The summed E-state index contributed by atoms with van der Waals surface area (Å²) in [7, 11) is 0. The van der Waals surface area contributed by atoms with Crippen molar-refractivity contribution in [3.8, 4) is 0 Å². The Morgan fingerprint density at radius 2 is 2.29 bits per heavy atom. The molecule has 0 spiro atoms. The van der Waals surface area contributed by atoms with Crippen LogP contribution in [-0.4, -0.2) is 14.5 Å². The topological polar surface area (TPSA) is 37.5 Å². The van der Waals surface area contributed by atoms with Gasteiger partial charge in [-0.15, -0.1) is 22.7 Å². The molecule has 0 radical (unpaired) electrons. The molecule has 3 aromatic rings. The third-order valence-electron chi connectivity index (χ3n) is 2.72. The third-order valence-corrected chi connectivity index (χ3v) is 4.61. The predicted octanol–water partition coefficient (Wildman–Crippen LogP) is 2.91. The molecule has 0 saturated carbocycles. The number of aromatic nitrogens is 2. The Labute approximate surface area is 107 Å². The van der Waals surface area contributed by atoms with Gasteiger partial charge in [0.15, 0.2) is 4.96 Å². The van der Waals surface area contributed by atoms with E-state index < -0.39 is 5.60 Å². The first kappa shape index (κ1) is 11.0. The fraction of sp³-hybridized carbons (Fsp3) is 0.250. The van der Waals surface area contributed by atoms with Crippen LogP contribution in [0.15, 0.2) is 35.3 Å². The Balaban J connectivity index is 1.89. The second-order valence-electron chi connectivity index (χ2n) is 4.25. The zero-order chi connectivity index (χ0) is 11.9. The van der Waals surface area contributed by atoms with Crippen LogP contribution in [0.5, 0.6) is 0 Å². The van der Waals surface area contributed by atoms with Gasteiger partial charge in [0.1, 0.15) is 5.60 Å². The maximum absolute atomic E-state index is 10.5. The Kier molecular flexibility index (Phi) is 2.54.